The van der Waals surface area contributed by atoms with Crippen molar-refractivity contribution in [1.82, 2.24) is 0 Å². The van der Waals surface area contributed by atoms with Gasteiger partial charge in [0, 0.05) is 11.5 Å². The summed E-state index contributed by atoms with van der Waals surface area (Å²) in [6, 6.07) is 5.12. The summed E-state index contributed by atoms with van der Waals surface area (Å²) in [6.07, 6.45) is 0. The number of rotatable bonds is 3. The first-order valence-corrected chi connectivity index (χ1v) is 7.13. The Balaban J connectivity index is 2.50. The number of benzene rings is 1. The number of fused-ring (bicyclic) bond motifs is 1. The van der Waals surface area contributed by atoms with Gasteiger partial charge < -0.3 is 15.4 Å². The van der Waals surface area contributed by atoms with Gasteiger partial charge in [0.2, 0.25) is 5.91 Å². The van der Waals surface area contributed by atoms with Gasteiger partial charge in [0.05, 0.1) is 18.8 Å². The van der Waals surface area contributed by atoms with Crippen LogP contribution in [0.2, 0.25) is 0 Å². The smallest absolute Gasteiger partial charge is 0.229 e. The maximum absolute atomic E-state index is 12.5. The molecular weight excluding hydrogens is 268 g/mol. The minimum Gasteiger partial charge on any atom is -0.484 e. The van der Waals surface area contributed by atoms with E-state index in [9.17, 15) is 9.59 Å². The summed E-state index contributed by atoms with van der Waals surface area (Å²) in [5, 5.41) is 0. The number of nitrogens with two attached hydrogens (primary N) is 1. The highest BCUT2D eigenvalue weighted by molar-refractivity contribution is 6.01. The largest absolute Gasteiger partial charge is 0.484 e. The van der Waals surface area contributed by atoms with Crippen LogP contribution in [0.1, 0.15) is 38.1 Å². The van der Waals surface area contributed by atoms with E-state index in [1.54, 1.807) is 23.1 Å². The van der Waals surface area contributed by atoms with E-state index in [0.717, 1.165) is 0 Å². The van der Waals surface area contributed by atoms with Gasteiger partial charge in [-0.3, -0.25) is 9.59 Å². The van der Waals surface area contributed by atoms with E-state index in [4.69, 9.17) is 10.5 Å². The molecule has 0 unspecified atom stereocenters. The number of nitrogens with zero attached hydrogens (tertiary/aromatic N) is 1. The lowest BCUT2D eigenvalue weighted by molar-refractivity contribution is -0.122. The molecule has 5 nitrogen and oxygen atoms in total. The molecule has 0 aliphatic carbocycles. The SMILES string of the molecule is CC(C)C(=O)N1CC(C)(C)Oc2ccc(C(=O)CN)cc21. The molecule has 0 bridgehead atoms. The summed E-state index contributed by atoms with van der Waals surface area (Å²) >= 11 is 0. The normalized spacial score (nSPS) is 16.4. The van der Waals surface area contributed by atoms with Gasteiger partial charge in [0.15, 0.2) is 5.78 Å². The number of ketones is 1. The molecule has 0 atom stereocenters. The molecule has 0 saturated carbocycles. The predicted octanol–water partition coefficient (Wildman–Crippen LogP) is 1.99. The van der Waals surface area contributed by atoms with Crippen LogP contribution in [0.25, 0.3) is 0 Å². The van der Waals surface area contributed by atoms with E-state index in [1.807, 2.05) is 27.7 Å². The van der Waals surface area contributed by atoms with Crippen LogP contribution < -0.4 is 15.4 Å². The highest BCUT2D eigenvalue weighted by Crippen LogP contribution is 2.38. The molecule has 0 fully saturated rings. The number of carbonyl (C=O) groups excluding carboxylic acids is 2. The lowest BCUT2D eigenvalue weighted by atomic mass is 10.0. The first-order chi connectivity index (χ1) is 9.75. The van der Waals surface area contributed by atoms with Gasteiger partial charge in [-0.2, -0.15) is 0 Å². The topological polar surface area (TPSA) is 72.6 Å². The van der Waals surface area contributed by atoms with Crippen molar-refractivity contribution in [2.45, 2.75) is 33.3 Å². The number of Topliss-reactive ketones (excluding diaryl/α,β-unsaturated/α-hetero) is 1. The molecule has 2 N–H and O–H groups in total. The second-order valence-corrected chi connectivity index (χ2v) is 6.25. The van der Waals surface area contributed by atoms with Crippen LogP contribution in [0.4, 0.5) is 5.69 Å². The van der Waals surface area contributed by atoms with Crippen LogP contribution in [-0.4, -0.2) is 30.4 Å². The third kappa shape index (κ3) is 3.08. The fourth-order valence-electron chi connectivity index (χ4n) is 2.41. The lowest BCUT2D eigenvalue weighted by Crippen LogP contribution is -2.50. The molecule has 0 saturated heterocycles. The molecule has 0 spiro atoms. The molecule has 114 valence electrons. The monoisotopic (exact) mass is 290 g/mol. The molecule has 2 rings (SSSR count). The third-order valence-corrected chi connectivity index (χ3v) is 3.44. The molecule has 21 heavy (non-hydrogen) atoms. The fourth-order valence-corrected chi connectivity index (χ4v) is 2.41. The summed E-state index contributed by atoms with van der Waals surface area (Å²) in [5.41, 5.74) is 6.09. The zero-order chi connectivity index (χ0) is 15.8. The van der Waals surface area contributed by atoms with Gasteiger partial charge in [-0.25, -0.2) is 0 Å². The summed E-state index contributed by atoms with van der Waals surface area (Å²) in [4.78, 5) is 25.9. The Morgan fingerprint density at radius 2 is 2.05 bits per heavy atom. The van der Waals surface area contributed by atoms with Crippen LogP contribution in [0.5, 0.6) is 5.75 Å². The number of hydrogen-bond donors (Lipinski definition) is 1. The molecule has 1 aromatic carbocycles. The summed E-state index contributed by atoms with van der Waals surface area (Å²) in [5.74, 6) is 0.360. The number of hydrogen-bond acceptors (Lipinski definition) is 4. The maximum atomic E-state index is 12.5. The van der Waals surface area contributed by atoms with Crippen molar-refractivity contribution in [3.8, 4) is 5.75 Å². The number of carbonyl (C=O) groups is 2. The molecule has 1 aliphatic heterocycles. The summed E-state index contributed by atoms with van der Waals surface area (Å²) < 4.78 is 5.91. The molecular formula is C16H22N2O3. The Labute approximate surface area is 125 Å². The van der Waals surface area contributed by atoms with E-state index in [2.05, 4.69) is 0 Å². The van der Waals surface area contributed by atoms with Gasteiger partial charge in [0.1, 0.15) is 11.4 Å². The van der Waals surface area contributed by atoms with Crippen LogP contribution in [0.15, 0.2) is 18.2 Å². The zero-order valence-electron chi connectivity index (χ0n) is 13.0. The minimum atomic E-state index is -0.461. The Bertz CT molecular complexity index is 579. The Morgan fingerprint density at radius 3 is 2.62 bits per heavy atom. The first kappa shape index (κ1) is 15.5. The minimum absolute atomic E-state index is 0.0185. The molecule has 1 aromatic rings. The van der Waals surface area contributed by atoms with Crippen LogP contribution in [0, 0.1) is 5.92 Å². The van der Waals surface area contributed by atoms with Crippen molar-refractivity contribution in [1.29, 1.82) is 0 Å². The standard InChI is InChI=1S/C16H22N2O3/c1-10(2)15(20)18-9-16(3,4)21-14-6-5-11(7-12(14)18)13(19)8-17/h5-7,10H,8-9,17H2,1-4H3. The van der Waals surface area contributed by atoms with Gasteiger partial charge in [-0.05, 0) is 32.0 Å². The Kier molecular flexibility index (Phi) is 4.05. The average Bonchev–Trinajstić information content (AvgIpc) is 2.43. The number of ether oxygens (including phenoxy) is 1. The second-order valence-electron chi connectivity index (χ2n) is 6.25. The van der Waals surface area contributed by atoms with Crippen molar-refractivity contribution in [2.24, 2.45) is 11.7 Å². The van der Waals surface area contributed by atoms with E-state index < -0.39 is 5.60 Å². The first-order valence-electron chi connectivity index (χ1n) is 7.13. The van der Waals surface area contributed by atoms with Crippen molar-refractivity contribution < 1.29 is 14.3 Å². The van der Waals surface area contributed by atoms with Gasteiger partial charge in [-0.15, -0.1) is 0 Å². The number of anilines is 1. The van der Waals surface area contributed by atoms with Gasteiger partial charge in [0.25, 0.3) is 0 Å². The summed E-state index contributed by atoms with van der Waals surface area (Å²) in [7, 11) is 0. The molecule has 5 heteroatoms. The van der Waals surface area contributed by atoms with Crippen molar-refractivity contribution >= 4 is 17.4 Å². The highest BCUT2D eigenvalue weighted by Gasteiger charge is 2.35. The van der Waals surface area contributed by atoms with Crippen molar-refractivity contribution in [2.75, 3.05) is 18.0 Å². The summed E-state index contributed by atoms with van der Waals surface area (Å²) in [6.45, 7) is 8.00. The van der Waals surface area contributed by atoms with E-state index in [1.165, 1.54) is 0 Å². The van der Waals surface area contributed by atoms with E-state index >= 15 is 0 Å². The fraction of sp³-hybridized carbons (Fsp3) is 0.500. The van der Waals surface area contributed by atoms with Crippen LogP contribution in [0.3, 0.4) is 0 Å². The molecule has 1 aliphatic rings. The molecule has 1 amide bonds. The highest BCUT2D eigenvalue weighted by atomic mass is 16.5. The van der Waals surface area contributed by atoms with Gasteiger partial charge in [-0.1, -0.05) is 13.8 Å². The lowest BCUT2D eigenvalue weighted by Gasteiger charge is -2.40. The molecule has 1 heterocycles. The van der Waals surface area contributed by atoms with Crippen molar-refractivity contribution in [3.63, 3.8) is 0 Å². The molecule has 0 aromatic heterocycles. The van der Waals surface area contributed by atoms with Crippen molar-refractivity contribution in [3.05, 3.63) is 23.8 Å². The quantitative estimate of drug-likeness (QED) is 0.864. The second kappa shape index (κ2) is 5.48. The number of amides is 1. The Morgan fingerprint density at radius 1 is 1.38 bits per heavy atom. The van der Waals surface area contributed by atoms with Crippen LogP contribution >= 0.6 is 0 Å². The Hall–Kier alpha value is -1.88. The zero-order valence-corrected chi connectivity index (χ0v) is 13.0. The molecule has 0 radical (unpaired) electrons. The van der Waals surface area contributed by atoms with Crippen LogP contribution in [-0.2, 0) is 4.79 Å². The van der Waals surface area contributed by atoms with E-state index in [-0.39, 0.29) is 24.2 Å². The van der Waals surface area contributed by atoms with E-state index in [0.29, 0.717) is 23.5 Å². The van der Waals surface area contributed by atoms with Gasteiger partial charge >= 0.3 is 0 Å². The third-order valence-electron chi connectivity index (χ3n) is 3.44. The maximum Gasteiger partial charge on any atom is 0.229 e. The predicted molar refractivity (Wildman–Crippen MR) is 81.7 cm³/mol. The average molecular weight is 290 g/mol.